The van der Waals surface area contributed by atoms with Gasteiger partial charge in [-0.25, -0.2) is 8.42 Å². The van der Waals surface area contributed by atoms with E-state index in [1.165, 1.54) is 17.1 Å². The third kappa shape index (κ3) is 3.65. The van der Waals surface area contributed by atoms with Crippen molar-refractivity contribution in [2.24, 2.45) is 0 Å². The van der Waals surface area contributed by atoms with E-state index in [9.17, 15) is 27.3 Å². The zero-order valence-electron chi connectivity index (χ0n) is 12.0. The Morgan fingerprint density at radius 1 is 1.42 bits per heavy atom. The number of aliphatic hydroxyl groups is 1. The third-order valence-electron chi connectivity index (χ3n) is 2.97. The van der Waals surface area contributed by atoms with Crippen LogP contribution < -0.4 is 5.32 Å². The van der Waals surface area contributed by atoms with Gasteiger partial charge < -0.3 is 10.4 Å². The highest BCUT2D eigenvalue weighted by Crippen LogP contribution is 2.31. The first kappa shape index (κ1) is 17.7. The van der Waals surface area contributed by atoms with Crippen molar-refractivity contribution in [3.05, 3.63) is 40.7 Å². The highest BCUT2D eigenvalue weighted by Gasteiger charge is 2.29. The second-order valence-electron chi connectivity index (χ2n) is 4.58. The van der Waals surface area contributed by atoms with Crippen molar-refractivity contribution in [2.75, 3.05) is 11.9 Å². The highest BCUT2D eigenvalue weighted by atomic mass is 32.2. The van der Waals surface area contributed by atoms with Crippen molar-refractivity contribution in [1.29, 1.82) is 0 Å². The van der Waals surface area contributed by atoms with Gasteiger partial charge in [0.05, 0.1) is 34.9 Å². The van der Waals surface area contributed by atoms with E-state index in [0.717, 1.165) is 12.1 Å². The van der Waals surface area contributed by atoms with Gasteiger partial charge in [0.1, 0.15) is 5.69 Å². The number of nitrogens with zero attached hydrogens (tertiary/aromatic N) is 3. The molecule has 130 valence electrons. The molecule has 0 radical (unpaired) electrons. The lowest BCUT2D eigenvalue weighted by molar-refractivity contribution is -0.384. The van der Waals surface area contributed by atoms with Crippen LogP contribution in [-0.2, 0) is 16.4 Å². The summed E-state index contributed by atoms with van der Waals surface area (Å²) in [4.78, 5) is 9.37. The Labute approximate surface area is 134 Å². The zero-order valence-corrected chi connectivity index (χ0v) is 12.8. The summed E-state index contributed by atoms with van der Waals surface area (Å²) in [6.07, 6.45) is 2.80. The average Bonchev–Trinajstić information content (AvgIpc) is 2.94. The number of nitro groups is 1. The molecule has 1 aromatic heterocycles. The first-order valence-electron chi connectivity index (χ1n) is 6.46. The molecule has 12 heteroatoms. The lowest BCUT2D eigenvalue weighted by Gasteiger charge is -2.07. The summed E-state index contributed by atoms with van der Waals surface area (Å²) in [5.41, 5.74) is -0.417. The standard InChI is InChI=1S/C12H12F2N4O5S/c13-12(14)24(22,23)9-1-2-10(11(5-9)18(20)21)16-8-6-15-17(7-8)3-4-19/h1-2,5-7,12,16,19H,3-4H2. The Balaban J connectivity index is 2.38. The van der Waals surface area contributed by atoms with E-state index < -0.39 is 31.1 Å². The number of anilines is 2. The quantitative estimate of drug-likeness (QED) is 0.564. The number of aliphatic hydroxyl groups excluding tert-OH is 1. The van der Waals surface area contributed by atoms with Crippen molar-refractivity contribution in [3.63, 3.8) is 0 Å². The Bertz CT molecular complexity index is 853. The summed E-state index contributed by atoms with van der Waals surface area (Å²) in [7, 11) is -4.94. The molecule has 1 heterocycles. The Morgan fingerprint density at radius 3 is 2.71 bits per heavy atom. The molecule has 2 aromatic rings. The molecule has 2 rings (SSSR count). The van der Waals surface area contributed by atoms with E-state index in [-0.39, 0.29) is 18.8 Å². The van der Waals surface area contributed by atoms with E-state index in [2.05, 4.69) is 10.4 Å². The van der Waals surface area contributed by atoms with Gasteiger partial charge >= 0.3 is 5.76 Å². The number of sulfone groups is 1. The molecule has 1 aromatic carbocycles. The van der Waals surface area contributed by atoms with Crippen LogP contribution in [0.4, 0.5) is 25.8 Å². The molecule has 0 aliphatic heterocycles. The fraction of sp³-hybridized carbons (Fsp3) is 0.250. The van der Waals surface area contributed by atoms with Crippen molar-refractivity contribution in [1.82, 2.24) is 9.78 Å². The van der Waals surface area contributed by atoms with Crippen LogP contribution >= 0.6 is 0 Å². The van der Waals surface area contributed by atoms with E-state index in [0.29, 0.717) is 11.8 Å². The molecular formula is C12H12F2N4O5S. The predicted octanol–water partition coefficient (Wildman–Crippen LogP) is 1.52. The van der Waals surface area contributed by atoms with Gasteiger partial charge in [-0.3, -0.25) is 14.8 Å². The number of hydrogen-bond donors (Lipinski definition) is 2. The minimum absolute atomic E-state index is 0.0863. The summed E-state index contributed by atoms with van der Waals surface area (Å²) in [6.45, 7) is 0.0663. The van der Waals surface area contributed by atoms with Gasteiger partial charge in [0, 0.05) is 12.3 Å². The van der Waals surface area contributed by atoms with Crippen molar-refractivity contribution in [3.8, 4) is 0 Å². The largest absolute Gasteiger partial charge is 0.394 e. The number of halogens is 2. The molecule has 2 N–H and O–H groups in total. The van der Waals surface area contributed by atoms with E-state index >= 15 is 0 Å². The summed E-state index contributed by atoms with van der Waals surface area (Å²) >= 11 is 0. The van der Waals surface area contributed by atoms with Gasteiger partial charge in [0.15, 0.2) is 0 Å². The molecule has 24 heavy (non-hydrogen) atoms. The second-order valence-corrected chi connectivity index (χ2v) is 6.50. The number of aromatic nitrogens is 2. The molecule has 0 aliphatic carbocycles. The molecule has 0 atom stereocenters. The molecule has 0 fully saturated rings. The second kappa shape index (κ2) is 6.88. The number of benzene rings is 1. The van der Waals surface area contributed by atoms with Gasteiger partial charge in [0.2, 0.25) is 9.84 Å². The van der Waals surface area contributed by atoms with Gasteiger partial charge in [-0.1, -0.05) is 0 Å². The summed E-state index contributed by atoms with van der Waals surface area (Å²) in [6, 6.07) is 2.45. The zero-order chi connectivity index (χ0) is 17.9. The van der Waals surface area contributed by atoms with Crippen LogP contribution in [0.5, 0.6) is 0 Å². The number of nitro benzene ring substituents is 1. The van der Waals surface area contributed by atoms with Gasteiger partial charge in [-0.15, -0.1) is 0 Å². The molecule has 0 spiro atoms. The van der Waals surface area contributed by atoms with E-state index in [1.807, 2.05) is 0 Å². The summed E-state index contributed by atoms with van der Waals surface area (Å²) < 4.78 is 49.3. The normalized spacial score (nSPS) is 11.7. The van der Waals surface area contributed by atoms with Crippen LogP contribution in [-0.4, -0.2) is 40.6 Å². The third-order valence-corrected chi connectivity index (χ3v) is 4.35. The maximum absolute atomic E-state index is 12.5. The molecule has 0 unspecified atom stereocenters. The first-order valence-corrected chi connectivity index (χ1v) is 8.01. The molecule has 0 amide bonds. The van der Waals surface area contributed by atoms with E-state index in [4.69, 9.17) is 5.11 Å². The fourth-order valence-electron chi connectivity index (χ4n) is 1.86. The Hall–Kier alpha value is -2.60. The van der Waals surface area contributed by atoms with Gasteiger partial charge in [-0.2, -0.15) is 13.9 Å². The molecule has 9 nitrogen and oxygen atoms in total. The maximum atomic E-state index is 12.5. The molecule has 0 bridgehead atoms. The van der Waals surface area contributed by atoms with Crippen LogP contribution in [0.3, 0.4) is 0 Å². The minimum Gasteiger partial charge on any atom is -0.394 e. The van der Waals surface area contributed by atoms with Gasteiger partial charge in [-0.05, 0) is 12.1 Å². The number of hydrogen-bond acceptors (Lipinski definition) is 7. The molecule has 0 saturated carbocycles. The minimum atomic E-state index is -4.94. The Morgan fingerprint density at radius 2 is 2.12 bits per heavy atom. The summed E-state index contributed by atoms with van der Waals surface area (Å²) in [5, 5.41) is 26.4. The maximum Gasteiger partial charge on any atom is 0.341 e. The predicted molar refractivity (Wildman–Crippen MR) is 78.9 cm³/mol. The summed E-state index contributed by atoms with van der Waals surface area (Å²) in [5.74, 6) is -3.67. The van der Waals surface area contributed by atoms with Crippen LogP contribution in [0.15, 0.2) is 35.5 Å². The molecule has 0 aliphatic rings. The average molecular weight is 362 g/mol. The SMILES string of the molecule is O=[N+]([O-])c1cc(S(=O)(=O)C(F)F)ccc1Nc1cnn(CCO)c1. The highest BCUT2D eigenvalue weighted by molar-refractivity contribution is 7.91. The molecule has 0 saturated heterocycles. The van der Waals surface area contributed by atoms with E-state index in [1.54, 1.807) is 0 Å². The molecular weight excluding hydrogens is 350 g/mol. The first-order chi connectivity index (χ1) is 11.3. The van der Waals surface area contributed by atoms with Crippen molar-refractivity contribution >= 4 is 26.9 Å². The van der Waals surface area contributed by atoms with Crippen molar-refractivity contribution < 1.29 is 27.2 Å². The van der Waals surface area contributed by atoms with Gasteiger partial charge in [0.25, 0.3) is 5.69 Å². The van der Waals surface area contributed by atoms with Crippen molar-refractivity contribution in [2.45, 2.75) is 17.2 Å². The van der Waals surface area contributed by atoms with Crippen LogP contribution in [0.25, 0.3) is 0 Å². The number of nitrogens with one attached hydrogen (secondary N) is 1. The smallest absolute Gasteiger partial charge is 0.341 e. The van der Waals surface area contributed by atoms with Crippen LogP contribution in [0.1, 0.15) is 0 Å². The lowest BCUT2D eigenvalue weighted by Crippen LogP contribution is -2.12. The number of alkyl halides is 2. The van der Waals surface area contributed by atoms with Crippen LogP contribution in [0, 0.1) is 10.1 Å². The topological polar surface area (TPSA) is 127 Å². The fourth-order valence-corrected chi connectivity index (χ4v) is 2.60. The number of rotatable bonds is 7. The lowest BCUT2D eigenvalue weighted by atomic mass is 10.2. The van der Waals surface area contributed by atoms with Crippen LogP contribution in [0.2, 0.25) is 0 Å². The Kier molecular flexibility index (Phi) is 5.09. The monoisotopic (exact) mass is 362 g/mol.